The molecular formula is C15H20N2. The molecule has 2 rings (SSSR count). The Morgan fingerprint density at radius 1 is 1.24 bits per heavy atom. The first-order chi connectivity index (χ1) is 8.36. The molecule has 0 atom stereocenters. The number of fused-ring (bicyclic) bond motifs is 1. The Kier molecular flexibility index (Phi) is 5.21. The Bertz CT molecular complexity index is 603. The molecule has 0 aromatic carbocycles. The summed E-state index contributed by atoms with van der Waals surface area (Å²) >= 11 is 0. The number of allylic oxidation sites excluding steroid dienone is 2. The lowest BCUT2D eigenvalue weighted by Gasteiger charge is -1.84. The van der Waals surface area contributed by atoms with Crippen LogP contribution >= 0.6 is 0 Å². The number of nitrogens with one attached hydrogen (secondary N) is 1. The van der Waals surface area contributed by atoms with Gasteiger partial charge in [-0.25, -0.2) is 0 Å². The maximum Gasteiger partial charge on any atom is 0.0957 e. The molecule has 0 unspecified atom stereocenters. The van der Waals surface area contributed by atoms with Crippen LogP contribution in [0.5, 0.6) is 0 Å². The maximum absolute atomic E-state index is 4.39. The third-order valence-corrected chi connectivity index (χ3v) is 2.37. The smallest absolute Gasteiger partial charge is 0.0957 e. The van der Waals surface area contributed by atoms with Crippen molar-refractivity contribution in [3.05, 3.63) is 41.0 Å². The number of hydrogen-bond acceptors (Lipinski definition) is 1. The molecule has 1 N–H and O–H groups in total. The summed E-state index contributed by atoms with van der Waals surface area (Å²) in [7, 11) is 0. The Morgan fingerprint density at radius 2 is 2.00 bits per heavy atom. The molecule has 2 heterocycles. The van der Waals surface area contributed by atoms with Crippen molar-refractivity contribution in [3.8, 4) is 0 Å². The topological polar surface area (TPSA) is 28.7 Å². The fourth-order valence-corrected chi connectivity index (χ4v) is 1.65. The van der Waals surface area contributed by atoms with Crippen molar-refractivity contribution in [1.29, 1.82) is 0 Å². The summed E-state index contributed by atoms with van der Waals surface area (Å²) in [6, 6.07) is 3.99. The summed E-state index contributed by atoms with van der Waals surface area (Å²) in [4.78, 5) is 7.73. The highest BCUT2D eigenvalue weighted by Crippen LogP contribution is 1.99. The molecule has 0 aliphatic heterocycles. The summed E-state index contributed by atoms with van der Waals surface area (Å²) in [6.07, 6.45) is 10.0. The quantitative estimate of drug-likeness (QED) is 0.799. The molecule has 0 bridgehead atoms. The number of nitrogens with zero attached hydrogens (tertiary/aromatic N) is 1. The van der Waals surface area contributed by atoms with Gasteiger partial charge in [0.15, 0.2) is 0 Å². The van der Waals surface area contributed by atoms with Crippen molar-refractivity contribution in [1.82, 2.24) is 9.97 Å². The summed E-state index contributed by atoms with van der Waals surface area (Å²) < 4.78 is 0. The molecule has 17 heavy (non-hydrogen) atoms. The minimum absolute atomic E-state index is 1.03. The van der Waals surface area contributed by atoms with E-state index in [1.54, 1.807) is 0 Å². The zero-order chi connectivity index (χ0) is 12.7. The Morgan fingerprint density at radius 3 is 2.65 bits per heavy atom. The molecular weight excluding hydrogens is 208 g/mol. The van der Waals surface area contributed by atoms with Crippen LogP contribution in [-0.2, 0) is 0 Å². The van der Waals surface area contributed by atoms with E-state index in [-0.39, 0.29) is 0 Å². The summed E-state index contributed by atoms with van der Waals surface area (Å²) in [5.41, 5.74) is 2.12. The molecule has 0 fully saturated rings. The lowest BCUT2D eigenvalue weighted by molar-refractivity contribution is 1.35. The van der Waals surface area contributed by atoms with Crippen molar-refractivity contribution in [2.75, 3.05) is 0 Å². The molecule has 90 valence electrons. The van der Waals surface area contributed by atoms with Gasteiger partial charge in [0.25, 0.3) is 0 Å². The first kappa shape index (κ1) is 13.2. The van der Waals surface area contributed by atoms with Crippen molar-refractivity contribution in [3.63, 3.8) is 0 Å². The maximum atomic E-state index is 4.39. The number of hydrogen-bond donors (Lipinski definition) is 1. The van der Waals surface area contributed by atoms with Crippen LogP contribution in [0.15, 0.2) is 30.5 Å². The zero-order valence-electron chi connectivity index (χ0n) is 11.0. The van der Waals surface area contributed by atoms with Crippen molar-refractivity contribution >= 4 is 23.2 Å². The molecule has 0 saturated carbocycles. The third-order valence-electron chi connectivity index (χ3n) is 2.37. The molecule has 2 nitrogen and oxygen atoms in total. The number of H-pyrrole nitrogens is 1. The van der Waals surface area contributed by atoms with E-state index in [0.29, 0.717) is 0 Å². The first-order valence-electron chi connectivity index (χ1n) is 6.09. The second kappa shape index (κ2) is 6.69. The van der Waals surface area contributed by atoms with Crippen molar-refractivity contribution in [2.45, 2.75) is 27.7 Å². The number of aromatic amines is 1. The van der Waals surface area contributed by atoms with Gasteiger partial charge in [-0.1, -0.05) is 38.2 Å². The molecule has 0 aliphatic carbocycles. The van der Waals surface area contributed by atoms with Crippen molar-refractivity contribution < 1.29 is 0 Å². The Labute approximate surface area is 102 Å². The fourth-order valence-electron chi connectivity index (χ4n) is 1.65. The van der Waals surface area contributed by atoms with Gasteiger partial charge in [0.05, 0.1) is 11.0 Å². The normalized spacial score (nSPS) is 13.2. The van der Waals surface area contributed by atoms with E-state index < -0.39 is 0 Å². The highest BCUT2D eigenvalue weighted by molar-refractivity contribution is 5.77. The van der Waals surface area contributed by atoms with Crippen molar-refractivity contribution in [2.24, 2.45) is 0 Å². The minimum atomic E-state index is 1.03. The van der Waals surface area contributed by atoms with Gasteiger partial charge in [-0.15, -0.1) is 0 Å². The van der Waals surface area contributed by atoms with Crippen LogP contribution in [0.3, 0.4) is 0 Å². The lowest BCUT2D eigenvalue weighted by atomic mass is 10.3. The van der Waals surface area contributed by atoms with E-state index in [1.807, 2.05) is 58.2 Å². The molecule has 2 aromatic rings. The van der Waals surface area contributed by atoms with E-state index >= 15 is 0 Å². The average molecular weight is 228 g/mol. The first-order valence-corrected chi connectivity index (χ1v) is 6.09. The standard InChI is InChI=1S/C13H14N2.C2H6/c1-3-5-7-10-11(4-2)15-12-8-6-9-14-13(10)12;1-2/h3-9,15H,1-2H3;1-2H3/b5-3-,10-7+,11-4+;. The van der Waals surface area contributed by atoms with Gasteiger partial charge in [-0.3, -0.25) is 4.98 Å². The summed E-state index contributed by atoms with van der Waals surface area (Å²) in [5, 5.41) is 2.29. The van der Waals surface area contributed by atoms with Crippen LogP contribution in [0.25, 0.3) is 23.2 Å². The molecule has 0 amide bonds. The lowest BCUT2D eigenvalue weighted by Crippen LogP contribution is -2.22. The zero-order valence-corrected chi connectivity index (χ0v) is 11.0. The molecule has 0 aliphatic rings. The molecule has 0 radical (unpaired) electrons. The highest BCUT2D eigenvalue weighted by Gasteiger charge is 1.98. The van der Waals surface area contributed by atoms with E-state index in [0.717, 1.165) is 21.6 Å². The molecule has 0 spiro atoms. The van der Waals surface area contributed by atoms with Crippen LogP contribution in [-0.4, -0.2) is 9.97 Å². The van der Waals surface area contributed by atoms with Crippen LogP contribution in [0, 0.1) is 0 Å². The van der Waals surface area contributed by atoms with Crippen LogP contribution in [0.4, 0.5) is 0 Å². The van der Waals surface area contributed by atoms with Crippen LogP contribution in [0.2, 0.25) is 0 Å². The second-order valence-corrected chi connectivity index (χ2v) is 3.33. The van der Waals surface area contributed by atoms with E-state index in [1.165, 1.54) is 0 Å². The molecule has 2 heteroatoms. The largest absolute Gasteiger partial charge is 0.353 e. The van der Waals surface area contributed by atoms with Gasteiger partial charge in [-0.05, 0) is 26.0 Å². The van der Waals surface area contributed by atoms with Gasteiger partial charge in [0, 0.05) is 16.8 Å². The Hall–Kier alpha value is -1.83. The van der Waals surface area contributed by atoms with Gasteiger partial charge >= 0.3 is 0 Å². The van der Waals surface area contributed by atoms with E-state index in [4.69, 9.17) is 0 Å². The predicted molar refractivity (Wildman–Crippen MR) is 76.1 cm³/mol. The minimum Gasteiger partial charge on any atom is -0.353 e. The Balaban J connectivity index is 0.000000686. The predicted octanol–water partition coefficient (Wildman–Crippen LogP) is 2.75. The molecule has 2 aromatic heterocycles. The summed E-state index contributed by atoms with van der Waals surface area (Å²) in [5.74, 6) is 0. The number of rotatable bonds is 1. The second-order valence-electron chi connectivity index (χ2n) is 3.33. The van der Waals surface area contributed by atoms with Crippen LogP contribution < -0.4 is 10.6 Å². The van der Waals surface area contributed by atoms with E-state index in [9.17, 15) is 0 Å². The van der Waals surface area contributed by atoms with E-state index in [2.05, 4.69) is 22.1 Å². The molecule has 0 saturated heterocycles. The number of aromatic nitrogens is 2. The monoisotopic (exact) mass is 228 g/mol. The van der Waals surface area contributed by atoms with Gasteiger partial charge in [0.2, 0.25) is 0 Å². The van der Waals surface area contributed by atoms with Crippen LogP contribution in [0.1, 0.15) is 27.7 Å². The SMILES string of the molecule is CC.C\C=C/C=c1\c(=C/C)[nH]c2cccnc12. The van der Waals surface area contributed by atoms with Gasteiger partial charge < -0.3 is 4.98 Å². The fraction of sp³-hybridized carbons (Fsp3) is 0.267. The summed E-state index contributed by atoms with van der Waals surface area (Å²) in [6.45, 7) is 8.03. The highest BCUT2D eigenvalue weighted by atomic mass is 14.8. The number of pyridine rings is 1. The average Bonchev–Trinajstić information content (AvgIpc) is 2.76. The van der Waals surface area contributed by atoms with Gasteiger partial charge in [-0.2, -0.15) is 0 Å². The van der Waals surface area contributed by atoms with Gasteiger partial charge in [0.1, 0.15) is 0 Å². The third kappa shape index (κ3) is 2.84.